The number of para-hydroxylation sites is 1. The van der Waals surface area contributed by atoms with Crippen molar-refractivity contribution < 1.29 is 14.3 Å². The van der Waals surface area contributed by atoms with Gasteiger partial charge in [-0.2, -0.15) is 0 Å². The number of piperidine rings is 1. The standard InChI is InChI=1S/C23H25NO3/c1-26-21-14-17-13-18(23(25)20(17)15-22(21)27-2)12-16-8-10-24(11-9-16)19-6-4-3-5-7-19/h3-7,12,14-16H,8-11,13H2,1-2H3/b18-12+. The Morgan fingerprint density at radius 2 is 1.67 bits per heavy atom. The van der Waals surface area contributed by atoms with Gasteiger partial charge in [0.25, 0.3) is 0 Å². The lowest BCUT2D eigenvalue weighted by Crippen LogP contribution is -2.33. The summed E-state index contributed by atoms with van der Waals surface area (Å²) in [6.45, 7) is 2.06. The van der Waals surface area contributed by atoms with Gasteiger partial charge in [-0.1, -0.05) is 24.3 Å². The van der Waals surface area contributed by atoms with Gasteiger partial charge < -0.3 is 14.4 Å². The number of Topliss-reactive ketones (excluding diaryl/α,β-unsaturated/α-hetero) is 1. The molecule has 2 aromatic carbocycles. The first-order chi connectivity index (χ1) is 13.2. The van der Waals surface area contributed by atoms with Crippen LogP contribution in [0.25, 0.3) is 0 Å². The molecule has 2 aliphatic rings. The Morgan fingerprint density at radius 3 is 2.33 bits per heavy atom. The van der Waals surface area contributed by atoms with Crippen molar-refractivity contribution in [3.8, 4) is 11.5 Å². The van der Waals surface area contributed by atoms with Gasteiger partial charge in [-0.25, -0.2) is 0 Å². The molecular formula is C23H25NO3. The number of rotatable bonds is 4. The summed E-state index contributed by atoms with van der Waals surface area (Å²) in [4.78, 5) is 15.3. The molecule has 1 aliphatic carbocycles. The van der Waals surface area contributed by atoms with Gasteiger partial charge in [0.2, 0.25) is 0 Å². The van der Waals surface area contributed by atoms with Crippen LogP contribution in [0.3, 0.4) is 0 Å². The summed E-state index contributed by atoms with van der Waals surface area (Å²) in [7, 11) is 3.22. The van der Waals surface area contributed by atoms with E-state index in [1.165, 1.54) is 5.69 Å². The number of anilines is 1. The molecule has 140 valence electrons. The molecule has 0 radical (unpaired) electrons. The van der Waals surface area contributed by atoms with Crippen molar-refractivity contribution >= 4 is 11.5 Å². The summed E-state index contributed by atoms with van der Waals surface area (Å²) >= 11 is 0. The highest BCUT2D eigenvalue weighted by Gasteiger charge is 2.28. The van der Waals surface area contributed by atoms with E-state index in [4.69, 9.17) is 9.47 Å². The van der Waals surface area contributed by atoms with E-state index in [-0.39, 0.29) is 5.78 Å². The number of carbonyl (C=O) groups excluding carboxylic acids is 1. The molecule has 0 unspecified atom stereocenters. The molecular weight excluding hydrogens is 338 g/mol. The van der Waals surface area contributed by atoms with Crippen LogP contribution in [0.5, 0.6) is 11.5 Å². The number of allylic oxidation sites excluding steroid dienone is 2. The molecule has 0 aromatic heterocycles. The van der Waals surface area contributed by atoms with Crippen molar-refractivity contribution in [3.63, 3.8) is 0 Å². The zero-order valence-electron chi connectivity index (χ0n) is 15.9. The van der Waals surface area contributed by atoms with Crippen molar-refractivity contribution in [2.24, 2.45) is 5.92 Å². The number of hydrogen-bond acceptors (Lipinski definition) is 4. The van der Waals surface area contributed by atoms with Gasteiger partial charge >= 0.3 is 0 Å². The van der Waals surface area contributed by atoms with E-state index in [0.29, 0.717) is 23.8 Å². The topological polar surface area (TPSA) is 38.8 Å². The van der Waals surface area contributed by atoms with Crippen LogP contribution >= 0.6 is 0 Å². The number of methoxy groups -OCH3 is 2. The number of nitrogens with zero attached hydrogens (tertiary/aromatic N) is 1. The Hall–Kier alpha value is -2.75. The molecule has 2 aromatic rings. The lowest BCUT2D eigenvalue weighted by molar-refractivity contribution is 0.103. The Balaban J connectivity index is 1.47. The molecule has 0 atom stereocenters. The van der Waals surface area contributed by atoms with Gasteiger partial charge in [-0.15, -0.1) is 0 Å². The second-order valence-corrected chi connectivity index (χ2v) is 7.22. The quantitative estimate of drug-likeness (QED) is 0.760. The monoisotopic (exact) mass is 363 g/mol. The van der Waals surface area contributed by atoms with Crippen LogP contribution < -0.4 is 14.4 Å². The predicted octanol–water partition coefficient (Wildman–Crippen LogP) is 4.29. The van der Waals surface area contributed by atoms with Crippen LogP contribution in [-0.2, 0) is 6.42 Å². The van der Waals surface area contributed by atoms with E-state index in [0.717, 1.165) is 42.6 Å². The molecule has 1 fully saturated rings. The highest BCUT2D eigenvalue weighted by molar-refractivity contribution is 6.13. The van der Waals surface area contributed by atoms with E-state index in [1.807, 2.05) is 18.2 Å². The van der Waals surface area contributed by atoms with Gasteiger partial charge in [-0.05, 0) is 48.6 Å². The highest BCUT2D eigenvalue weighted by atomic mass is 16.5. The first-order valence-corrected chi connectivity index (χ1v) is 9.50. The van der Waals surface area contributed by atoms with Gasteiger partial charge in [0, 0.05) is 36.3 Å². The van der Waals surface area contributed by atoms with Gasteiger partial charge in [0.05, 0.1) is 14.2 Å². The van der Waals surface area contributed by atoms with E-state index >= 15 is 0 Å². The number of hydrogen-bond donors (Lipinski definition) is 0. The largest absolute Gasteiger partial charge is 0.493 e. The van der Waals surface area contributed by atoms with Crippen LogP contribution in [0.4, 0.5) is 5.69 Å². The summed E-state index contributed by atoms with van der Waals surface area (Å²) in [6.07, 6.45) is 5.06. The van der Waals surface area contributed by atoms with E-state index in [1.54, 1.807) is 14.2 Å². The third-order valence-corrected chi connectivity index (χ3v) is 5.62. The minimum absolute atomic E-state index is 0.136. The van der Waals surface area contributed by atoms with Gasteiger partial charge in [0.15, 0.2) is 17.3 Å². The van der Waals surface area contributed by atoms with Gasteiger partial charge in [-0.3, -0.25) is 4.79 Å². The number of ketones is 1. The molecule has 1 heterocycles. The van der Waals surface area contributed by atoms with Crippen molar-refractivity contribution in [1.29, 1.82) is 0 Å². The Morgan fingerprint density at radius 1 is 1.00 bits per heavy atom. The molecule has 0 bridgehead atoms. The van der Waals surface area contributed by atoms with Gasteiger partial charge in [0.1, 0.15) is 0 Å². The van der Waals surface area contributed by atoms with Crippen molar-refractivity contribution in [1.82, 2.24) is 0 Å². The lowest BCUT2D eigenvalue weighted by Gasteiger charge is -2.32. The number of benzene rings is 2. The maximum atomic E-state index is 12.8. The average molecular weight is 363 g/mol. The molecule has 0 saturated carbocycles. The zero-order valence-corrected chi connectivity index (χ0v) is 15.9. The molecule has 27 heavy (non-hydrogen) atoms. The summed E-state index contributed by atoms with van der Waals surface area (Å²) in [6, 6.07) is 14.3. The molecule has 0 spiro atoms. The summed E-state index contributed by atoms with van der Waals surface area (Å²) in [5.74, 6) is 1.89. The van der Waals surface area contributed by atoms with Crippen LogP contribution in [0.15, 0.2) is 54.1 Å². The molecule has 0 amide bonds. The third kappa shape index (κ3) is 3.44. The fraction of sp³-hybridized carbons (Fsp3) is 0.348. The second kappa shape index (κ2) is 7.47. The van der Waals surface area contributed by atoms with E-state index < -0.39 is 0 Å². The van der Waals surface area contributed by atoms with Crippen LogP contribution in [0, 0.1) is 5.92 Å². The highest BCUT2D eigenvalue weighted by Crippen LogP contribution is 2.37. The first kappa shape index (κ1) is 17.7. The smallest absolute Gasteiger partial charge is 0.189 e. The molecule has 4 rings (SSSR count). The maximum absolute atomic E-state index is 12.8. The fourth-order valence-corrected chi connectivity index (χ4v) is 4.12. The maximum Gasteiger partial charge on any atom is 0.189 e. The van der Waals surface area contributed by atoms with Crippen LogP contribution in [0.1, 0.15) is 28.8 Å². The molecule has 4 heteroatoms. The van der Waals surface area contributed by atoms with E-state index in [2.05, 4.69) is 35.2 Å². The first-order valence-electron chi connectivity index (χ1n) is 9.50. The third-order valence-electron chi connectivity index (χ3n) is 5.62. The van der Waals surface area contributed by atoms with Crippen molar-refractivity contribution in [2.45, 2.75) is 19.3 Å². The summed E-state index contributed by atoms with van der Waals surface area (Å²) in [5.41, 5.74) is 3.98. The zero-order chi connectivity index (χ0) is 18.8. The number of fused-ring (bicyclic) bond motifs is 1. The lowest BCUT2D eigenvalue weighted by atomic mass is 9.93. The average Bonchev–Trinajstić information content (AvgIpc) is 3.02. The Labute approximate surface area is 160 Å². The molecule has 1 saturated heterocycles. The minimum atomic E-state index is 0.136. The SMILES string of the molecule is COc1cc2c(cc1OC)C(=O)/C(=C/C1CCN(c3ccccc3)CC1)C2. The van der Waals surface area contributed by atoms with Crippen molar-refractivity contribution in [2.75, 3.05) is 32.2 Å². The van der Waals surface area contributed by atoms with Crippen LogP contribution in [0.2, 0.25) is 0 Å². The van der Waals surface area contributed by atoms with Crippen molar-refractivity contribution in [3.05, 3.63) is 65.2 Å². The van der Waals surface area contributed by atoms with E-state index in [9.17, 15) is 4.79 Å². The normalized spacial score (nSPS) is 18.7. The molecule has 0 N–H and O–H groups in total. The van der Waals surface area contributed by atoms with Crippen LogP contribution in [-0.4, -0.2) is 33.1 Å². The molecule has 1 aliphatic heterocycles. The predicted molar refractivity (Wildman–Crippen MR) is 107 cm³/mol. The minimum Gasteiger partial charge on any atom is -0.493 e. The summed E-state index contributed by atoms with van der Waals surface area (Å²) < 4.78 is 10.7. The second-order valence-electron chi connectivity index (χ2n) is 7.22. The number of ether oxygens (including phenoxy) is 2. The molecule has 4 nitrogen and oxygen atoms in total. The number of carbonyl (C=O) groups is 1. The Kier molecular flexibility index (Phi) is 4.88. The Bertz CT molecular complexity index is 865. The fourth-order valence-electron chi connectivity index (χ4n) is 4.12. The summed E-state index contributed by atoms with van der Waals surface area (Å²) in [5, 5.41) is 0.